The van der Waals surface area contributed by atoms with Crippen molar-refractivity contribution in [1.29, 1.82) is 0 Å². The summed E-state index contributed by atoms with van der Waals surface area (Å²) in [6.07, 6.45) is 2.64. The Kier molecular flexibility index (Phi) is 5.99. The molecule has 3 amide bonds. The highest BCUT2D eigenvalue weighted by Gasteiger charge is 2.38. The number of carbonyl (C=O) groups excluding carboxylic acids is 3. The van der Waals surface area contributed by atoms with E-state index in [1.807, 2.05) is 6.92 Å². The maximum Gasteiger partial charge on any atom is 0.331 e. The summed E-state index contributed by atoms with van der Waals surface area (Å²) in [6.45, 7) is 4.46. The molecule has 0 aromatic rings. The minimum Gasteiger partial charge on any atom is -0.467 e. The second kappa shape index (κ2) is 7.28. The molecular formula is C14H25N3O4. The van der Waals surface area contributed by atoms with E-state index >= 15 is 0 Å². The number of likely N-dealkylation sites (tertiary alicyclic amines) is 1. The van der Waals surface area contributed by atoms with E-state index in [4.69, 9.17) is 10.5 Å². The van der Waals surface area contributed by atoms with Crippen molar-refractivity contribution < 1.29 is 19.1 Å². The number of primary amides is 1. The number of nitrogens with one attached hydrogen (secondary N) is 1. The van der Waals surface area contributed by atoms with Crippen LogP contribution in [-0.2, 0) is 14.3 Å². The van der Waals surface area contributed by atoms with Gasteiger partial charge in [0.05, 0.1) is 13.0 Å². The normalized spacial score (nSPS) is 21.3. The minimum atomic E-state index is -1.03. The zero-order valence-corrected chi connectivity index (χ0v) is 13.0. The molecule has 1 heterocycles. The van der Waals surface area contributed by atoms with Gasteiger partial charge in [-0.15, -0.1) is 0 Å². The Morgan fingerprint density at radius 2 is 2.10 bits per heavy atom. The fraction of sp³-hybridized carbons (Fsp3) is 0.786. The Hall–Kier alpha value is -1.79. The van der Waals surface area contributed by atoms with E-state index in [1.54, 1.807) is 6.92 Å². The predicted octanol–water partition coefficient (Wildman–Crippen LogP) is 0.625. The molecule has 120 valence electrons. The SMILES string of the molecule is CCCC(C)(NC(=O)C1CCCN(C(N)=O)C1)C(=O)OC. The molecule has 2 atom stereocenters. The first-order chi connectivity index (χ1) is 9.84. The fourth-order valence-electron chi connectivity index (χ4n) is 2.71. The van der Waals surface area contributed by atoms with Gasteiger partial charge in [0.15, 0.2) is 0 Å². The number of piperidine rings is 1. The number of rotatable bonds is 5. The van der Waals surface area contributed by atoms with Gasteiger partial charge in [0, 0.05) is 13.1 Å². The zero-order valence-electron chi connectivity index (χ0n) is 13.0. The lowest BCUT2D eigenvalue weighted by molar-refractivity contribution is -0.151. The second-order valence-corrected chi connectivity index (χ2v) is 5.69. The molecule has 0 spiro atoms. The molecule has 1 aliphatic heterocycles. The van der Waals surface area contributed by atoms with Gasteiger partial charge in [0.2, 0.25) is 5.91 Å². The quantitative estimate of drug-likeness (QED) is 0.727. The number of nitrogens with two attached hydrogens (primary N) is 1. The van der Waals surface area contributed by atoms with Gasteiger partial charge in [-0.25, -0.2) is 9.59 Å². The first-order valence-corrected chi connectivity index (χ1v) is 7.29. The van der Waals surface area contributed by atoms with Crippen LogP contribution in [0.5, 0.6) is 0 Å². The topological polar surface area (TPSA) is 102 Å². The average Bonchev–Trinajstić information content (AvgIpc) is 2.46. The third-order valence-electron chi connectivity index (χ3n) is 3.89. The van der Waals surface area contributed by atoms with Gasteiger partial charge >= 0.3 is 12.0 Å². The number of hydrogen-bond acceptors (Lipinski definition) is 4. The van der Waals surface area contributed by atoms with E-state index in [9.17, 15) is 14.4 Å². The Bertz CT molecular complexity index is 413. The summed E-state index contributed by atoms with van der Waals surface area (Å²) in [5, 5.41) is 2.78. The molecule has 1 rings (SSSR count). The molecule has 1 fully saturated rings. The molecule has 0 aromatic carbocycles. The van der Waals surface area contributed by atoms with Gasteiger partial charge in [0.1, 0.15) is 5.54 Å². The van der Waals surface area contributed by atoms with Crippen LogP contribution in [-0.4, -0.2) is 48.5 Å². The van der Waals surface area contributed by atoms with Gasteiger partial charge < -0.3 is 20.7 Å². The van der Waals surface area contributed by atoms with Crippen LogP contribution in [0.4, 0.5) is 4.79 Å². The number of hydrogen-bond donors (Lipinski definition) is 2. The minimum absolute atomic E-state index is 0.234. The molecule has 1 saturated heterocycles. The van der Waals surface area contributed by atoms with Crippen LogP contribution in [0.25, 0.3) is 0 Å². The smallest absolute Gasteiger partial charge is 0.331 e. The average molecular weight is 299 g/mol. The van der Waals surface area contributed by atoms with Gasteiger partial charge in [-0.05, 0) is 26.2 Å². The molecule has 0 bridgehead atoms. The van der Waals surface area contributed by atoms with E-state index in [0.29, 0.717) is 25.9 Å². The van der Waals surface area contributed by atoms with Crippen LogP contribution in [0.1, 0.15) is 39.5 Å². The summed E-state index contributed by atoms with van der Waals surface area (Å²) in [4.78, 5) is 36.9. The first-order valence-electron chi connectivity index (χ1n) is 7.29. The van der Waals surface area contributed by atoms with E-state index in [2.05, 4.69) is 5.32 Å². The third kappa shape index (κ3) is 4.34. The molecule has 2 unspecified atom stereocenters. The summed E-state index contributed by atoms with van der Waals surface area (Å²) < 4.78 is 4.78. The van der Waals surface area contributed by atoms with Crippen molar-refractivity contribution in [2.75, 3.05) is 20.2 Å². The van der Waals surface area contributed by atoms with Crippen molar-refractivity contribution in [3.63, 3.8) is 0 Å². The first kappa shape index (κ1) is 17.3. The van der Waals surface area contributed by atoms with Gasteiger partial charge in [-0.2, -0.15) is 0 Å². The molecule has 7 nitrogen and oxygen atoms in total. The molecule has 0 aliphatic carbocycles. The molecule has 1 aliphatic rings. The maximum absolute atomic E-state index is 12.4. The summed E-state index contributed by atoms with van der Waals surface area (Å²) >= 11 is 0. The second-order valence-electron chi connectivity index (χ2n) is 5.69. The van der Waals surface area contributed by atoms with Crippen molar-refractivity contribution in [3.05, 3.63) is 0 Å². The summed E-state index contributed by atoms with van der Waals surface area (Å²) in [6, 6.07) is -0.517. The van der Waals surface area contributed by atoms with Gasteiger partial charge in [-0.1, -0.05) is 13.3 Å². The van der Waals surface area contributed by atoms with Crippen LogP contribution in [0.15, 0.2) is 0 Å². The highest BCUT2D eigenvalue weighted by atomic mass is 16.5. The molecule has 3 N–H and O–H groups in total. The lowest BCUT2D eigenvalue weighted by Crippen LogP contribution is -2.56. The predicted molar refractivity (Wildman–Crippen MR) is 77.4 cm³/mol. The van der Waals surface area contributed by atoms with Crippen LogP contribution >= 0.6 is 0 Å². The van der Waals surface area contributed by atoms with E-state index in [-0.39, 0.29) is 11.8 Å². The van der Waals surface area contributed by atoms with Crippen LogP contribution < -0.4 is 11.1 Å². The summed E-state index contributed by atoms with van der Waals surface area (Å²) in [5.41, 5.74) is 4.22. The Morgan fingerprint density at radius 3 is 2.62 bits per heavy atom. The monoisotopic (exact) mass is 299 g/mol. The van der Waals surface area contributed by atoms with E-state index in [1.165, 1.54) is 12.0 Å². The molecule has 0 radical (unpaired) electrons. The maximum atomic E-state index is 12.4. The highest BCUT2D eigenvalue weighted by Crippen LogP contribution is 2.20. The van der Waals surface area contributed by atoms with Crippen LogP contribution in [0.3, 0.4) is 0 Å². The molecule has 21 heavy (non-hydrogen) atoms. The number of amides is 3. The number of urea groups is 1. The van der Waals surface area contributed by atoms with Crippen molar-refractivity contribution in [1.82, 2.24) is 10.2 Å². The number of ether oxygens (including phenoxy) is 1. The lowest BCUT2D eigenvalue weighted by Gasteiger charge is -2.34. The summed E-state index contributed by atoms with van der Waals surface area (Å²) in [7, 11) is 1.30. The van der Waals surface area contributed by atoms with Gasteiger partial charge in [0.25, 0.3) is 0 Å². The Balaban J connectivity index is 2.73. The van der Waals surface area contributed by atoms with Crippen molar-refractivity contribution in [3.8, 4) is 0 Å². The third-order valence-corrected chi connectivity index (χ3v) is 3.89. The number of esters is 1. The molecule has 0 saturated carbocycles. The summed E-state index contributed by atoms with van der Waals surface area (Å²) in [5.74, 6) is -1.03. The number of nitrogens with zero attached hydrogens (tertiary/aromatic N) is 1. The van der Waals surface area contributed by atoms with Crippen LogP contribution in [0.2, 0.25) is 0 Å². The zero-order chi connectivity index (χ0) is 16.0. The van der Waals surface area contributed by atoms with E-state index in [0.717, 1.165) is 12.8 Å². The molecular weight excluding hydrogens is 274 g/mol. The Labute approximate surface area is 125 Å². The van der Waals surface area contributed by atoms with E-state index < -0.39 is 17.5 Å². The van der Waals surface area contributed by atoms with Gasteiger partial charge in [-0.3, -0.25) is 4.79 Å². The molecule has 0 aromatic heterocycles. The molecule has 7 heteroatoms. The standard InChI is InChI=1S/C14H25N3O4/c1-4-7-14(2,12(19)21-3)16-11(18)10-6-5-8-17(9-10)13(15)20/h10H,4-9H2,1-3H3,(H2,15,20)(H,16,18). The number of carbonyl (C=O) groups is 3. The highest BCUT2D eigenvalue weighted by molar-refractivity contribution is 5.89. The Morgan fingerprint density at radius 1 is 1.43 bits per heavy atom. The number of methoxy groups -OCH3 is 1. The largest absolute Gasteiger partial charge is 0.467 e. The lowest BCUT2D eigenvalue weighted by atomic mass is 9.92. The van der Waals surface area contributed by atoms with Crippen molar-refractivity contribution in [2.24, 2.45) is 11.7 Å². The van der Waals surface area contributed by atoms with Crippen molar-refractivity contribution in [2.45, 2.75) is 45.1 Å². The van der Waals surface area contributed by atoms with Crippen molar-refractivity contribution >= 4 is 17.9 Å². The van der Waals surface area contributed by atoms with Crippen LogP contribution in [0, 0.1) is 5.92 Å². The fourth-order valence-corrected chi connectivity index (χ4v) is 2.71.